The number of rotatable bonds is 16. The molecule has 0 aromatic rings. The second kappa shape index (κ2) is 12.4. The summed E-state index contributed by atoms with van der Waals surface area (Å²) in [6.07, 6.45) is 16.4. The van der Waals surface area contributed by atoms with E-state index >= 15 is 0 Å². The van der Waals surface area contributed by atoms with Gasteiger partial charge in [0.2, 0.25) is 0 Å². The number of hydrogen-bond acceptors (Lipinski definition) is 0. The molecule has 1 aliphatic carbocycles. The first-order chi connectivity index (χ1) is 13.1. The fourth-order valence-electron chi connectivity index (χ4n) is 5.62. The average molecular weight is 391 g/mol. The van der Waals surface area contributed by atoms with Gasteiger partial charge >= 0.3 is 0 Å². The zero-order chi connectivity index (χ0) is 21.3. The van der Waals surface area contributed by atoms with Crippen molar-refractivity contribution in [2.75, 3.05) is 0 Å². The molecule has 0 saturated heterocycles. The van der Waals surface area contributed by atoms with Gasteiger partial charge in [-0.2, -0.15) is 0 Å². The minimum atomic E-state index is 0.666. The van der Waals surface area contributed by atoms with Gasteiger partial charge < -0.3 is 0 Å². The van der Waals surface area contributed by atoms with Crippen LogP contribution in [0.15, 0.2) is 12.7 Å². The van der Waals surface area contributed by atoms with Crippen LogP contribution in [-0.2, 0) is 0 Å². The quantitative estimate of drug-likeness (QED) is 0.182. The van der Waals surface area contributed by atoms with Crippen LogP contribution in [0.3, 0.4) is 0 Å². The molecule has 166 valence electrons. The van der Waals surface area contributed by atoms with Crippen molar-refractivity contribution in [3.8, 4) is 0 Å². The molecule has 1 aliphatic rings. The summed E-state index contributed by atoms with van der Waals surface area (Å²) < 4.78 is 0. The third kappa shape index (κ3) is 8.62. The van der Waals surface area contributed by atoms with Crippen LogP contribution in [-0.4, -0.2) is 0 Å². The van der Waals surface area contributed by atoms with Crippen LogP contribution in [0.1, 0.15) is 120 Å². The van der Waals surface area contributed by atoms with Gasteiger partial charge in [-0.3, -0.25) is 0 Å². The molecule has 0 heterocycles. The highest BCUT2D eigenvalue weighted by Crippen LogP contribution is 2.60. The highest BCUT2D eigenvalue weighted by atomic mass is 14.6. The van der Waals surface area contributed by atoms with Crippen molar-refractivity contribution >= 4 is 0 Å². The lowest BCUT2D eigenvalue weighted by atomic mass is 9.83. The van der Waals surface area contributed by atoms with Gasteiger partial charge in [-0.15, -0.1) is 6.58 Å². The predicted molar refractivity (Wildman–Crippen MR) is 129 cm³/mol. The highest BCUT2D eigenvalue weighted by Gasteiger charge is 2.52. The van der Waals surface area contributed by atoms with Gasteiger partial charge in [0.05, 0.1) is 0 Å². The molecule has 28 heavy (non-hydrogen) atoms. The Hall–Kier alpha value is -0.260. The topological polar surface area (TPSA) is 0 Å². The third-order valence-corrected chi connectivity index (χ3v) is 8.53. The lowest BCUT2D eigenvalue weighted by Crippen LogP contribution is -2.13. The molecule has 1 rings (SSSR count). The minimum Gasteiger partial charge on any atom is -0.103 e. The van der Waals surface area contributed by atoms with Crippen LogP contribution in [0.5, 0.6) is 0 Å². The Morgan fingerprint density at radius 2 is 1.54 bits per heavy atom. The second-order valence-electron chi connectivity index (χ2n) is 11.5. The first kappa shape index (κ1) is 25.8. The first-order valence-corrected chi connectivity index (χ1v) is 12.8. The number of allylic oxidation sites excluding steroid dienone is 1. The first-order valence-electron chi connectivity index (χ1n) is 12.8. The Balaban J connectivity index is 2.14. The summed E-state index contributed by atoms with van der Waals surface area (Å²) in [5.74, 6) is 6.08. The summed E-state index contributed by atoms with van der Waals surface area (Å²) in [6.45, 7) is 23.5. The van der Waals surface area contributed by atoms with E-state index in [9.17, 15) is 0 Å². The molecule has 1 saturated carbocycles. The van der Waals surface area contributed by atoms with E-state index in [0.717, 1.165) is 35.5 Å². The van der Waals surface area contributed by atoms with E-state index in [-0.39, 0.29) is 0 Å². The molecule has 0 amide bonds. The molecule has 0 aromatic carbocycles. The maximum Gasteiger partial charge on any atom is -0.0236 e. The van der Waals surface area contributed by atoms with Gasteiger partial charge in [-0.25, -0.2) is 0 Å². The average Bonchev–Trinajstić information content (AvgIpc) is 3.33. The van der Waals surface area contributed by atoms with Crippen molar-refractivity contribution in [1.29, 1.82) is 0 Å². The van der Waals surface area contributed by atoms with E-state index in [1.165, 1.54) is 64.2 Å². The van der Waals surface area contributed by atoms with Crippen LogP contribution >= 0.6 is 0 Å². The molecule has 0 heteroatoms. The van der Waals surface area contributed by atoms with Gasteiger partial charge in [0.15, 0.2) is 0 Å². The number of hydrogen-bond donors (Lipinski definition) is 0. The van der Waals surface area contributed by atoms with E-state index in [0.29, 0.717) is 11.3 Å². The summed E-state index contributed by atoms with van der Waals surface area (Å²) in [4.78, 5) is 0. The van der Waals surface area contributed by atoms with Gasteiger partial charge in [-0.05, 0) is 72.5 Å². The smallest absolute Gasteiger partial charge is 0.0236 e. The maximum atomic E-state index is 3.98. The Bertz CT molecular complexity index is 422. The lowest BCUT2D eigenvalue weighted by Gasteiger charge is -2.22. The van der Waals surface area contributed by atoms with Crippen molar-refractivity contribution in [2.24, 2.45) is 46.8 Å². The molecule has 7 atom stereocenters. The normalized spacial score (nSPS) is 27.2. The molecular formula is C28H54. The Morgan fingerprint density at radius 3 is 2.11 bits per heavy atom. The maximum absolute atomic E-state index is 3.98. The molecule has 0 aliphatic heterocycles. The molecule has 0 aromatic heterocycles. The molecule has 0 radical (unpaired) electrons. The van der Waals surface area contributed by atoms with Crippen LogP contribution in [0.2, 0.25) is 0 Å². The predicted octanol–water partition coefficient (Wildman–Crippen LogP) is 9.55. The molecule has 0 N–H and O–H groups in total. The molecule has 0 bridgehead atoms. The Labute approximate surface area is 179 Å². The Kier molecular flexibility index (Phi) is 11.5. The van der Waals surface area contributed by atoms with Gasteiger partial charge in [0.1, 0.15) is 0 Å². The van der Waals surface area contributed by atoms with Gasteiger partial charge in [-0.1, -0.05) is 100.0 Å². The van der Waals surface area contributed by atoms with Crippen molar-refractivity contribution in [3.05, 3.63) is 12.7 Å². The molecule has 0 nitrogen and oxygen atoms in total. The SMILES string of the molecule is C=CC(C)C(CC)CCCCCC(C)CC(C)CCC1(C)CC1C(C)C(C)C. The summed E-state index contributed by atoms with van der Waals surface area (Å²) in [5, 5.41) is 0. The zero-order valence-electron chi connectivity index (χ0n) is 20.9. The summed E-state index contributed by atoms with van der Waals surface area (Å²) in [5.41, 5.74) is 0.666. The monoisotopic (exact) mass is 390 g/mol. The van der Waals surface area contributed by atoms with Crippen LogP contribution in [0.4, 0.5) is 0 Å². The van der Waals surface area contributed by atoms with Gasteiger partial charge in [0, 0.05) is 0 Å². The lowest BCUT2D eigenvalue weighted by molar-refractivity contribution is 0.282. The highest BCUT2D eigenvalue weighted by molar-refractivity contribution is 5.01. The molecule has 0 spiro atoms. The van der Waals surface area contributed by atoms with E-state index in [1.807, 2.05) is 0 Å². The zero-order valence-corrected chi connectivity index (χ0v) is 20.9. The Morgan fingerprint density at radius 1 is 0.929 bits per heavy atom. The van der Waals surface area contributed by atoms with Crippen LogP contribution in [0.25, 0.3) is 0 Å². The fraction of sp³-hybridized carbons (Fsp3) is 0.929. The van der Waals surface area contributed by atoms with Crippen LogP contribution in [0, 0.1) is 46.8 Å². The minimum absolute atomic E-state index is 0.666. The van der Waals surface area contributed by atoms with Crippen molar-refractivity contribution < 1.29 is 0 Å². The summed E-state index contributed by atoms with van der Waals surface area (Å²) >= 11 is 0. The van der Waals surface area contributed by atoms with Crippen molar-refractivity contribution in [3.63, 3.8) is 0 Å². The molecular weight excluding hydrogens is 336 g/mol. The van der Waals surface area contributed by atoms with Crippen LogP contribution < -0.4 is 0 Å². The standard InChI is InChI=1S/C28H54/c1-10-24(7)26(11-2)16-14-12-13-15-22(5)19-23(6)17-18-28(9)20-27(28)25(8)21(3)4/h10,21-27H,1,11-20H2,2-9H3. The summed E-state index contributed by atoms with van der Waals surface area (Å²) in [7, 11) is 0. The molecule has 7 unspecified atom stereocenters. The fourth-order valence-corrected chi connectivity index (χ4v) is 5.62. The van der Waals surface area contributed by atoms with E-state index < -0.39 is 0 Å². The largest absolute Gasteiger partial charge is 0.103 e. The molecule has 1 fully saturated rings. The summed E-state index contributed by atoms with van der Waals surface area (Å²) in [6, 6.07) is 0. The third-order valence-electron chi connectivity index (χ3n) is 8.53. The van der Waals surface area contributed by atoms with E-state index in [1.54, 1.807) is 0 Å². The van der Waals surface area contributed by atoms with E-state index in [2.05, 4.69) is 68.0 Å². The van der Waals surface area contributed by atoms with Crippen molar-refractivity contribution in [2.45, 2.75) is 120 Å². The van der Waals surface area contributed by atoms with Gasteiger partial charge in [0.25, 0.3) is 0 Å². The second-order valence-corrected chi connectivity index (χ2v) is 11.5. The van der Waals surface area contributed by atoms with E-state index in [4.69, 9.17) is 0 Å². The van der Waals surface area contributed by atoms with Crippen molar-refractivity contribution in [1.82, 2.24) is 0 Å². The number of unbranched alkanes of at least 4 members (excludes halogenated alkanes) is 2.